The first-order valence-electron chi connectivity index (χ1n) is 7.06. The molecule has 0 aliphatic heterocycles. The molecule has 2 atom stereocenters. The highest BCUT2D eigenvalue weighted by atomic mass is 31.2. The second kappa shape index (κ2) is 5.69. The number of fused-ring (bicyclic) bond motifs is 3. The van der Waals surface area contributed by atoms with Crippen LogP contribution in [0.15, 0.2) is 0 Å². The topological polar surface area (TPSA) is 161 Å². The van der Waals surface area contributed by atoms with Gasteiger partial charge in [-0.15, -0.1) is 0 Å². The van der Waals surface area contributed by atoms with E-state index >= 15 is 0 Å². The van der Waals surface area contributed by atoms with Gasteiger partial charge in [0.05, 0.1) is 0 Å². The molecule has 124 valence electrons. The van der Waals surface area contributed by atoms with E-state index < -0.39 is 26.7 Å². The van der Waals surface area contributed by atoms with Crippen LogP contribution in [-0.4, -0.2) is 35.8 Å². The molecule has 7 N–H and O–H groups in total. The van der Waals surface area contributed by atoms with E-state index in [1.54, 1.807) is 0 Å². The van der Waals surface area contributed by atoms with Gasteiger partial charge in [-0.2, -0.15) is 0 Å². The Morgan fingerprint density at radius 1 is 0.952 bits per heavy atom. The molecule has 3 rings (SSSR count). The second-order valence-electron chi connectivity index (χ2n) is 6.32. The van der Waals surface area contributed by atoms with Crippen molar-refractivity contribution < 1.29 is 33.8 Å². The first-order chi connectivity index (χ1) is 9.47. The smallest absolute Gasteiger partial charge is 0.368 e. The molecule has 0 amide bonds. The van der Waals surface area contributed by atoms with Crippen LogP contribution in [0.3, 0.4) is 0 Å². The summed E-state index contributed by atoms with van der Waals surface area (Å²) in [5, 5.41) is 6.60. The minimum Gasteiger partial charge on any atom is -0.368 e. The highest BCUT2D eigenvalue weighted by Crippen LogP contribution is 2.69. The molecular weight excluding hydrogens is 320 g/mol. The predicted octanol–water partition coefficient (Wildman–Crippen LogP) is 0.532. The average Bonchev–Trinajstić information content (AvgIpc) is 2.36. The summed E-state index contributed by atoms with van der Waals surface area (Å²) in [5.41, 5.74) is 6.14. The van der Waals surface area contributed by atoms with Crippen LogP contribution in [0.1, 0.15) is 38.5 Å². The zero-order valence-corrected chi connectivity index (χ0v) is 13.4. The van der Waals surface area contributed by atoms with E-state index in [1.165, 1.54) is 0 Å². The fourth-order valence-electron chi connectivity index (χ4n) is 3.87. The molecule has 0 spiro atoms. The van der Waals surface area contributed by atoms with Crippen LogP contribution in [-0.2, 0) is 9.13 Å². The van der Waals surface area contributed by atoms with Crippen molar-refractivity contribution >= 4 is 15.2 Å². The number of aliphatic hydroxyl groups is 1. The van der Waals surface area contributed by atoms with Crippen molar-refractivity contribution in [3.05, 3.63) is 0 Å². The molecule has 3 fully saturated rings. The monoisotopic (exact) mass is 343 g/mol. The summed E-state index contributed by atoms with van der Waals surface area (Å²) in [7, 11) is -10.7. The molecule has 0 radical (unpaired) electrons. The van der Waals surface area contributed by atoms with Crippen LogP contribution in [0.4, 0.5) is 0 Å². The maximum Gasteiger partial charge on any atom is 0.369 e. The molecule has 0 heterocycles. The third-order valence-corrected chi connectivity index (χ3v) is 9.08. The van der Waals surface area contributed by atoms with Gasteiger partial charge in [0, 0.05) is 12.5 Å². The van der Waals surface area contributed by atoms with Gasteiger partial charge in [-0.1, -0.05) is 0 Å². The van der Waals surface area contributed by atoms with Crippen molar-refractivity contribution in [2.75, 3.05) is 0 Å². The molecule has 0 saturated heterocycles. The van der Waals surface area contributed by atoms with Gasteiger partial charge in [0.1, 0.15) is 0 Å². The van der Waals surface area contributed by atoms with Gasteiger partial charge >= 0.3 is 15.2 Å². The predicted molar refractivity (Wildman–Crippen MR) is 75.2 cm³/mol. The molecule has 0 aromatic carbocycles. The average molecular weight is 343 g/mol. The van der Waals surface area contributed by atoms with Crippen LogP contribution in [0.5, 0.6) is 0 Å². The lowest BCUT2D eigenvalue weighted by Gasteiger charge is -2.48. The van der Waals surface area contributed by atoms with Gasteiger partial charge in [-0.25, -0.2) is 0 Å². The number of nitrogens with two attached hydrogens (primary N) is 1. The van der Waals surface area contributed by atoms with Crippen LogP contribution >= 0.6 is 15.2 Å². The van der Waals surface area contributed by atoms with Crippen LogP contribution in [0.2, 0.25) is 0 Å². The maximum atomic E-state index is 11.3. The van der Waals surface area contributed by atoms with Gasteiger partial charge in [0.15, 0.2) is 0 Å². The summed E-state index contributed by atoms with van der Waals surface area (Å²) in [5.74, 6) is 0.614. The Bertz CT molecular complexity index is 455. The Morgan fingerprint density at radius 3 is 1.76 bits per heavy atom. The molecular formula is C11H23NO7P2. The summed E-state index contributed by atoms with van der Waals surface area (Å²) in [4.78, 5) is 36.5. The summed E-state index contributed by atoms with van der Waals surface area (Å²) in [6.45, 7) is 0. The molecule has 3 aliphatic carbocycles. The minimum absolute atomic E-state index is 0.0536. The quantitative estimate of drug-likeness (QED) is 0.394. The Morgan fingerprint density at radius 2 is 1.38 bits per heavy atom. The number of hydrogen-bond acceptors (Lipinski definition) is 4. The largest absolute Gasteiger partial charge is 0.369 e. The lowest BCUT2D eigenvalue weighted by molar-refractivity contribution is 0.0480. The third kappa shape index (κ3) is 3.14. The molecule has 2 unspecified atom stereocenters. The Labute approximate surface area is 123 Å². The molecule has 21 heavy (non-hydrogen) atoms. The summed E-state index contributed by atoms with van der Waals surface area (Å²) < 4.78 is 22.7. The van der Waals surface area contributed by atoms with Gasteiger partial charge < -0.3 is 30.4 Å². The van der Waals surface area contributed by atoms with Crippen molar-refractivity contribution in [1.29, 1.82) is 0 Å². The van der Waals surface area contributed by atoms with E-state index in [1.807, 2.05) is 0 Å². The van der Waals surface area contributed by atoms with Gasteiger partial charge in [0.2, 0.25) is 0 Å². The fourth-order valence-corrected chi connectivity index (χ4v) is 6.07. The highest BCUT2D eigenvalue weighted by molar-refractivity contribution is 7.72. The number of rotatable bonds is 5. The second-order valence-corrected chi connectivity index (χ2v) is 10.3. The van der Waals surface area contributed by atoms with Gasteiger partial charge in [0.25, 0.3) is 5.08 Å². The summed E-state index contributed by atoms with van der Waals surface area (Å²) >= 11 is 0. The van der Waals surface area contributed by atoms with Crippen molar-refractivity contribution in [2.45, 2.75) is 49.6 Å². The van der Waals surface area contributed by atoms with Crippen molar-refractivity contribution in [3.63, 3.8) is 0 Å². The van der Waals surface area contributed by atoms with Crippen LogP contribution < -0.4 is 5.73 Å². The molecule has 0 aromatic heterocycles. The maximum absolute atomic E-state index is 11.3. The first kappa shape index (κ1) is 17.6. The van der Waals surface area contributed by atoms with Crippen molar-refractivity contribution in [3.8, 4) is 0 Å². The van der Waals surface area contributed by atoms with Crippen molar-refractivity contribution in [1.82, 2.24) is 0 Å². The van der Waals surface area contributed by atoms with E-state index in [0.29, 0.717) is 11.8 Å². The fraction of sp³-hybridized carbons (Fsp3) is 1.00. The molecule has 2 bridgehead atoms. The van der Waals surface area contributed by atoms with Gasteiger partial charge in [-0.3, -0.25) is 9.13 Å². The molecule has 3 saturated carbocycles. The zero-order valence-electron chi connectivity index (χ0n) is 11.6. The molecule has 10 heteroatoms. The molecule has 3 aliphatic rings. The Kier molecular flexibility index (Phi) is 4.76. The Balaban J connectivity index is 2.13. The van der Waals surface area contributed by atoms with Gasteiger partial charge in [-0.05, 0) is 49.9 Å². The molecule has 8 nitrogen and oxygen atoms in total. The van der Waals surface area contributed by atoms with Crippen LogP contribution in [0.25, 0.3) is 0 Å². The first-order valence-corrected chi connectivity index (χ1v) is 10.3. The molecule has 0 aromatic rings. The standard InChI is InChI=1S/C11H23NO7P2/c12-10-8-3-1-7(2-4-8)9(10)5-6-11(13,20(14,15)16)21(17,18)19/h7-10,13H,1-6,12H2,(H2,14,15,16)(H2,17,18,19). The Hall–Kier alpha value is 0.220. The van der Waals surface area contributed by atoms with E-state index in [9.17, 15) is 14.2 Å². The number of hydrogen-bond donors (Lipinski definition) is 6. The normalized spacial score (nSPS) is 34.2. The van der Waals surface area contributed by atoms with E-state index in [0.717, 1.165) is 25.7 Å². The summed E-state index contributed by atoms with van der Waals surface area (Å²) in [6.07, 6.45) is 3.48. The van der Waals surface area contributed by atoms with E-state index in [2.05, 4.69) is 0 Å². The zero-order chi connectivity index (χ0) is 16.1. The van der Waals surface area contributed by atoms with E-state index in [4.69, 9.17) is 25.3 Å². The highest BCUT2D eigenvalue weighted by Gasteiger charge is 2.59. The van der Waals surface area contributed by atoms with E-state index in [-0.39, 0.29) is 18.4 Å². The SMILES string of the molecule is NC1C2CCC(CC2)C1CCC(O)(P(=O)(O)O)P(=O)(O)O. The van der Waals surface area contributed by atoms with Crippen molar-refractivity contribution in [2.24, 2.45) is 23.5 Å². The lowest BCUT2D eigenvalue weighted by atomic mass is 9.61. The summed E-state index contributed by atoms with van der Waals surface area (Å²) in [6, 6.07) is -0.129. The minimum atomic E-state index is -5.36. The third-order valence-electron chi connectivity index (χ3n) is 5.21. The lowest BCUT2D eigenvalue weighted by Crippen LogP contribution is -2.49. The van der Waals surface area contributed by atoms with Crippen LogP contribution in [0, 0.1) is 17.8 Å².